The summed E-state index contributed by atoms with van der Waals surface area (Å²) in [5, 5.41) is 0. The molecular weight excluding hydrogens is 449 g/mol. The number of ether oxygens (including phenoxy) is 4. The van der Waals surface area contributed by atoms with Crippen LogP contribution >= 0.6 is 0 Å². The van der Waals surface area contributed by atoms with Crippen LogP contribution in [-0.4, -0.2) is 70.7 Å². The van der Waals surface area contributed by atoms with E-state index in [1.807, 2.05) is 0 Å². The second-order valence-electron chi connectivity index (χ2n) is 6.58. The summed E-state index contributed by atoms with van der Waals surface area (Å²) in [7, 11) is 3.74. The van der Waals surface area contributed by atoms with Crippen molar-refractivity contribution >= 4 is 5.97 Å². The number of carbonyl (C=O) groups excluding carboxylic acids is 1. The molecule has 1 aliphatic heterocycles. The smallest absolute Gasteiger partial charge is 0.342 e. The molecule has 26 heavy (non-hydrogen) atoms. The van der Waals surface area contributed by atoms with Crippen LogP contribution in [0.3, 0.4) is 0 Å². The highest BCUT2D eigenvalue weighted by Crippen LogP contribution is 2.31. The molecular formula is C19H30INO5. The summed E-state index contributed by atoms with van der Waals surface area (Å²) in [6.45, 7) is 7.21. The summed E-state index contributed by atoms with van der Waals surface area (Å²) in [4.78, 5) is 12.5. The van der Waals surface area contributed by atoms with E-state index in [4.69, 9.17) is 18.9 Å². The van der Waals surface area contributed by atoms with Crippen molar-refractivity contribution < 1.29 is 52.2 Å². The van der Waals surface area contributed by atoms with Gasteiger partial charge in [0.05, 0.1) is 34.0 Å². The number of likely N-dealkylation sites (N-methyl/N-ethyl adjacent to an activating group) is 1. The molecule has 0 radical (unpaired) electrons. The minimum Gasteiger partial charge on any atom is -1.00 e. The van der Waals surface area contributed by atoms with E-state index in [2.05, 4.69) is 14.0 Å². The molecule has 0 aromatic heterocycles. The lowest BCUT2D eigenvalue weighted by Crippen LogP contribution is -3.00. The number of methoxy groups -OCH3 is 1. The van der Waals surface area contributed by atoms with Crippen LogP contribution in [0.4, 0.5) is 0 Å². The number of morpholine rings is 1. The number of hydrogen-bond donors (Lipinski definition) is 0. The van der Waals surface area contributed by atoms with Crippen LogP contribution in [0.15, 0.2) is 18.2 Å². The molecule has 0 atom stereocenters. The Labute approximate surface area is 173 Å². The first-order valence-corrected chi connectivity index (χ1v) is 8.98. The average molecular weight is 479 g/mol. The van der Waals surface area contributed by atoms with Crippen LogP contribution in [0.1, 0.15) is 30.1 Å². The molecule has 1 saturated heterocycles. The van der Waals surface area contributed by atoms with Crippen molar-refractivity contribution in [1.82, 2.24) is 0 Å². The zero-order valence-electron chi connectivity index (χ0n) is 16.0. The quantitative estimate of drug-likeness (QED) is 0.207. The normalized spacial score (nSPS) is 15.7. The molecule has 1 fully saturated rings. The molecule has 0 saturated carbocycles. The van der Waals surface area contributed by atoms with Crippen LogP contribution in [0.25, 0.3) is 0 Å². The first kappa shape index (κ1) is 23.0. The van der Waals surface area contributed by atoms with E-state index in [0.29, 0.717) is 30.3 Å². The Morgan fingerprint density at radius 2 is 1.96 bits per heavy atom. The predicted molar refractivity (Wildman–Crippen MR) is 95.3 cm³/mol. The Morgan fingerprint density at radius 1 is 1.23 bits per heavy atom. The molecule has 6 nitrogen and oxygen atoms in total. The highest BCUT2D eigenvalue weighted by Gasteiger charge is 2.26. The fourth-order valence-corrected chi connectivity index (χ4v) is 2.75. The standard InChI is InChI=1S/C19H30NO5.HI/c1-4-5-12-24-18-16(7-6-8-17(18)22-3)19(21)25-15-11-20(2)9-13-23-14-10-20;/h6-8H,4-5,9-15H2,1-3H3;1H/q+1;/p-1. The van der Waals surface area contributed by atoms with Gasteiger partial charge in [-0.15, -0.1) is 0 Å². The maximum Gasteiger partial charge on any atom is 0.342 e. The molecule has 1 aliphatic rings. The Kier molecular flexibility index (Phi) is 10.3. The third-order valence-corrected chi connectivity index (χ3v) is 4.58. The fourth-order valence-electron chi connectivity index (χ4n) is 2.75. The Hall–Kier alpha value is -1.06. The van der Waals surface area contributed by atoms with Crippen LogP contribution in [0, 0.1) is 0 Å². The van der Waals surface area contributed by atoms with E-state index in [0.717, 1.165) is 50.2 Å². The Morgan fingerprint density at radius 3 is 2.62 bits per heavy atom. The van der Waals surface area contributed by atoms with Crippen molar-refractivity contribution in [3.63, 3.8) is 0 Å². The number of hydrogen-bond acceptors (Lipinski definition) is 5. The Bertz CT molecular complexity index is 561. The van der Waals surface area contributed by atoms with Crippen LogP contribution in [-0.2, 0) is 9.47 Å². The summed E-state index contributed by atoms with van der Waals surface area (Å²) < 4.78 is 22.9. The van der Waals surface area contributed by atoms with Gasteiger partial charge in [0.1, 0.15) is 31.8 Å². The molecule has 0 N–H and O–H groups in total. The molecule has 7 heteroatoms. The first-order valence-electron chi connectivity index (χ1n) is 8.98. The topological polar surface area (TPSA) is 54.0 Å². The van der Waals surface area contributed by atoms with Crippen LogP contribution in [0.2, 0.25) is 0 Å². The van der Waals surface area contributed by atoms with Gasteiger partial charge in [0.2, 0.25) is 0 Å². The lowest BCUT2D eigenvalue weighted by atomic mass is 10.2. The minimum atomic E-state index is -0.370. The van der Waals surface area contributed by atoms with Crippen LogP contribution in [0.5, 0.6) is 11.5 Å². The second kappa shape index (κ2) is 11.6. The molecule has 1 aromatic carbocycles. The van der Waals surface area contributed by atoms with Crippen molar-refractivity contribution in [3.8, 4) is 11.5 Å². The lowest BCUT2D eigenvalue weighted by molar-refractivity contribution is -0.917. The van der Waals surface area contributed by atoms with Crippen molar-refractivity contribution in [2.45, 2.75) is 19.8 Å². The van der Waals surface area contributed by atoms with E-state index in [9.17, 15) is 4.79 Å². The average Bonchev–Trinajstić information content (AvgIpc) is 2.62. The van der Waals surface area contributed by atoms with Gasteiger partial charge < -0.3 is 47.4 Å². The molecule has 0 aliphatic carbocycles. The summed E-state index contributed by atoms with van der Waals surface area (Å²) in [6, 6.07) is 5.28. The highest BCUT2D eigenvalue weighted by molar-refractivity contribution is 5.93. The van der Waals surface area contributed by atoms with Gasteiger partial charge in [-0.1, -0.05) is 19.4 Å². The van der Waals surface area contributed by atoms with Gasteiger partial charge in [-0.2, -0.15) is 0 Å². The first-order chi connectivity index (χ1) is 12.1. The van der Waals surface area contributed by atoms with Crippen LogP contribution < -0.4 is 33.5 Å². The number of halogens is 1. The number of nitrogens with zero attached hydrogens (tertiary/aromatic N) is 1. The van der Waals surface area contributed by atoms with E-state index in [1.165, 1.54) is 0 Å². The molecule has 2 rings (SSSR count). The lowest BCUT2D eigenvalue weighted by Gasteiger charge is -2.37. The van der Waals surface area contributed by atoms with Gasteiger partial charge in [-0.3, -0.25) is 0 Å². The maximum atomic E-state index is 12.5. The number of para-hydroxylation sites is 1. The molecule has 0 spiro atoms. The van der Waals surface area contributed by atoms with Gasteiger partial charge in [-0.25, -0.2) is 4.79 Å². The third kappa shape index (κ3) is 6.59. The zero-order valence-corrected chi connectivity index (χ0v) is 18.1. The monoisotopic (exact) mass is 479 g/mol. The summed E-state index contributed by atoms with van der Waals surface area (Å²) in [5.41, 5.74) is 0.417. The number of quaternary nitrogens is 1. The fraction of sp³-hybridized carbons (Fsp3) is 0.632. The summed E-state index contributed by atoms with van der Waals surface area (Å²) >= 11 is 0. The number of esters is 1. The van der Waals surface area contributed by atoms with Gasteiger partial charge in [0, 0.05) is 0 Å². The van der Waals surface area contributed by atoms with Crippen molar-refractivity contribution in [2.75, 3.05) is 60.2 Å². The molecule has 0 bridgehead atoms. The molecule has 0 unspecified atom stereocenters. The molecule has 148 valence electrons. The van der Waals surface area contributed by atoms with Crippen molar-refractivity contribution in [1.29, 1.82) is 0 Å². The SMILES string of the molecule is CCCCOc1c(OC)cccc1C(=O)OCC[N+]1(C)CCOCC1.[I-]. The van der Waals surface area contributed by atoms with E-state index >= 15 is 0 Å². The second-order valence-corrected chi connectivity index (χ2v) is 6.58. The van der Waals surface area contributed by atoms with E-state index in [-0.39, 0.29) is 29.9 Å². The molecule has 0 amide bonds. The summed E-state index contributed by atoms with van der Waals surface area (Å²) in [6.07, 6.45) is 1.94. The van der Waals surface area contributed by atoms with Gasteiger partial charge >= 0.3 is 5.97 Å². The zero-order chi connectivity index (χ0) is 18.1. The number of rotatable bonds is 9. The Balaban J connectivity index is 0.00000338. The number of unbranched alkanes of at least 4 members (excludes halogenated alkanes) is 1. The van der Waals surface area contributed by atoms with E-state index in [1.54, 1.807) is 25.3 Å². The minimum absolute atomic E-state index is 0. The highest BCUT2D eigenvalue weighted by atomic mass is 127. The number of carbonyl (C=O) groups is 1. The van der Waals surface area contributed by atoms with Crippen molar-refractivity contribution in [3.05, 3.63) is 23.8 Å². The predicted octanol–water partition coefficient (Wildman–Crippen LogP) is -0.488. The largest absolute Gasteiger partial charge is 1.00 e. The van der Waals surface area contributed by atoms with Gasteiger partial charge in [0.25, 0.3) is 0 Å². The molecule has 1 heterocycles. The van der Waals surface area contributed by atoms with E-state index < -0.39 is 0 Å². The maximum absolute atomic E-state index is 12.5. The third-order valence-electron chi connectivity index (χ3n) is 4.58. The summed E-state index contributed by atoms with van der Waals surface area (Å²) in [5.74, 6) is 0.651. The van der Waals surface area contributed by atoms with Gasteiger partial charge in [-0.05, 0) is 18.6 Å². The van der Waals surface area contributed by atoms with Gasteiger partial charge in [0.15, 0.2) is 11.5 Å². The number of benzene rings is 1. The van der Waals surface area contributed by atoms with Crippen molar-refractivity contribution in [2.24, 2.45) is 0 Å². The molecule has 1 aromatic rings.